The van der Waals surface area contributed by atoms with Gasteiger partial charge in [-0.05, 0) is 43.6 Å². The Morgan fingerprint density at radius 1 is 1.07 bits per heavy atom. The van der Waals surface area contributed by atoms with Crippen molar-refractivity contribution in [3.05, 3.63) is 35.9 Å². The first-order valence-electron chi connectivity index (χ1n) is 11.6. The quantitative estimate of drug-likeness (QED) is 0.336. The van der Waals surface area contributed by atoms with Gasteiger partial charge in [-0.3, -0.25) is 0 Å². The first-order chi connectivity index (χ1) is 14.9. The normalized spacial score (nSPS) is 34.5. The number of hydrogen-bond donors (Lipinski definition) is 4. The molecule has 3 rings (SSSR count). The molecule has 1 heterocycles. The average Bonchev–Trinajstić information content (AvgIpc) is 2.80. The summed E-state index contributed by atoms with van der Waals surface area (Å²) in [4.78, 5) is 11.1. The molecule has 1 aliphatic heterocycles. The van der Waals surface area contributed by atoms with Crippen LogP contribution < -0.4 is 0 Å². The number of aryl methyl sites for hydroxylation is 1. The number of ether oxygens (including phenoxy) is 1. The van der Waals surface area contributed by atoms with Gasteiger partial charge in [0.2, 0.25) is 5.79 Å². The maximum Gasteiger partial charge on any atom is 0.230 e. The van der Waals surface area contributed by atoms with Crippen molar-refractivity contribution in [2.75, 3.05) is 13.2 Å². The van der Waals surface area contributed by atoms with Gasteiger partial charge in [-0.15, -0.1) is 0 Å². The van der Waals surface area contributed by atoms with Crippen LogP contribution in [0.25, 0.3) is 0 Å². The Kier molecular flexibility index (Phi) is 8.51. The van der Waals surface area contributed by atoms with Gasteiger partial charge in [0.1, 0.15) is 24.4 Å². The lowest BCUT2D eigenvalue weighted by Crippen LogP contribution is -2.66. The molecular weight excluding hydrogens is 388 g/mol. The molecule has 0 bridgehead atoms. The predicted octanol–water partition coefficient (Wildman–Crippen LogP) is 2.10. The van der Waals surface area contributed by atoms with Crippen LogP contribution in [-0.4, -0.2) is 63.8 Å². The molecule has 1 aromatic carbocycles. The molecule has 6 atom stereocenters. The molecule has 7 nitrogen and oxygen atoms in total. The van der Waals surface area contributed by atoms with Crippen LogP contribution in [0.5, 0.6) is 0 Å². The summed E-state index contributed by atoms with van der Waals surface area (Å²) in [5.41, 5.74) is 1.09. The lowest BCUT2D eigenvalue weighted by molar-refractivity contribution is -0.482. The van der Waals surface area contributed by atoms with Crippen molar-refractivity contribution in [2.24, 2.45) is 5.92 Å². The number of aliphatic hydroxyl groups is 4. The van der Waals surface area contributed by atoms with E-state index in [2.05, 4.69) is 0 Å². The van der Waals surface area contributed by atoms with Crippen LogP contribution in [0.2, 0.25) is 0 Å². The second-order valence-corrected chi connectivity index (χ2v) is 8.47. The van der Waals surface area contributed by atoms with Gasteiger partial charge >= 0.3 is 0 Å². The monoisotopic (exact) mass is 425 g/mol. The Morgan fingerprint density at radius 2 is 1.80 bits per heavy atom. The first-order valence-corrected chi connectivity index (χ1v) is 11.0. The van der Waals surface area contributed by atoms with Gasteiger partial charge in [0, 0.05) is 7.79 Å². The molecule has 2 unspecified atom stereocenters. The topological polar surface area (TPSA) is 109 Å². The van der Waals surface area contributed by atoms with Gasteiger partial charge in [0.25, 0.3) is 0 Å². The van der Waals surface area contributed by atoms with E-state index in [1.54, 1.807) is 0 Å². The fourth-order valence-corrected chi connectivity index (χ4v) is 4.28. The number of benzene rings is 1. The second kappa shape index (κ2) is 11.5. The molecule has 0 radical (unpaired) electrons. The number of hydrogen-bond acceptors (Lipinski definition) is 7. The van der Waals surface area contributed by atoms with Gasteiger partial charge in [-0.2, -0.15) is 4.89 Å². The van der Waals surface area contributed by atoms with E-state index in [0.29, 0.717) is 25.4 Å². The van der Waals surface area contributed by atoms with E-state index in [9.17, 15) is 20.4 Å². The zero-order valence-electron chi connectivity index (χ0n) is 18.4. The summed E-state index contributed by atoms with van der Waals surface area (Å²) in [6, 6.07) is 9.79. The summed E-state index contributed by atoms with van der Waals surface area (Å²) < 4.78 is 14.3. The number of rotatable bonds is 10. The molecule has 2 fully saturated rings. The van der Waals surface area contributed by atoms with Crippen LogP contribution in [0.4, 0.5) is 0 Å². The van der Waals surface area contributed by atoms with E-state index in [1.807, 2.05) is 30.3 Å². The van der Waals surface area contributed by atoms with E-state index < -0.39 is 43.2 Å². The van der Waals surface area contributed by atoms with E-state index in [4.69, 9.17) is 15.9 Å². The summed E-state index contributed by atoms with van der Waals surface area (Å²) in [7, 11) is 0. The SMILES string of the molecule is [2H]C(CCc1ccccc1)CC1(OOCC2CCCCC2)O[C@H](CO)[C@@H](O)[C@H](O)[C@H]1O. The van der Waals surface area contributed by atoms with Gasteiger partial charge in [-0.1, -0.05) is 49.6 Å². The van der Waals surface area contributed by atoms with Crippen LogP contribution in [0.15, 0.2) is 30.3 Å². The lowest BCUT2D eigenvalue weighted by Gasteiger charge is -2.47. The third-order valence-corrected chi connectivity index (χ3v) is 6.17. The van der Waals surface area contributed by atoms with Gasteiger partial charge in [0.05, 0.1) is 13.2 Å². The standard InChI is InChI=1S/C23H36O7/c24-15-19-20(25)21(26)22(27)23(29-19,30-28-16-18-12-5-2-6-13-18)14-8-7-11-17-9-3-1-4-10-17/h1,3-4,9-10,18-22,24-27H,2,5-8,11-16H2/t19-,20-,21+,22-,23?/m1/s1/i8D/t8?,19-,20-,21+,22-,23?. The fraction of sp³-hybridized carbons (Fsp3) is 0.739. The van der Waals surface area contributed by atoms with E-state index >= 15 is 0 Å². The summed E-state index contributed by atoms with van der Waals surface area (Å²) >= 11 is 0. The molecule has 1 aliphatic carbocycles. The molecule has 30 heavy (non-hydrogen) atoms. The minimum Gasteiger partial charge on any atom is -0.394 e. The average molecular weight is 426 g/mol. The summed E-state index contributed by atoms with van der Waals surface area (Å²) in [6.07, 6.45) is 0.127. The van der Waals surface area contributed by atoms with Crippen LogP contribution in [0, 0.1) is 5.92 Å². The van der Waals surface area contributed by atoms with E-state index in [0.717, 1.165) is 31.2 Å². The molecule has 0 amide bonds. The van der Waals surface area contributed by atoms with Crippen LogP contribution in [0.1, 0.15) is 58.3 Å². The van der Waals surface area contributed by atoms with Crippen molar-refractivity contribution >= 4 is 0 Å². The van der Waals surface area contributed by atoms with Crippen molar-refractivity contribution in [1.29, 1.82) is 0 Å². The summed E-state index contributed by atoms with van der Waals surface area (Å²) in [5, 5.41) is 40.8. The second-order valence-electron chi connectivity index (χ2n) is 8.47. The van der Waals surface area contributed by atoms with Crippen molar-refractivity contribution in [1.82, 2.24) is 0 Å². The molecule has 1 aromatic rings. The number of aliphatic hydroxyl groups excluding tert-OH is 4. The van der Waals surface area contributed by atoms with Gasteiger partial charge < -0.3 is 25.2 Å². The van der Waals surface area contributed by atoms with Crippen molar-refractivity contribution in [3.63, 3.8) is 0 Å². The molecule has 1 saturated carbocycles. The fourth-order valence-electron chi connectivity index (χ4n) is 4.28. The maximum absolute atomic E-state index is 10.7. The Morgan fingerprint density at radius 3 is 2.50 bits per heavy atom. The van der Waals surface area contributed by atoms with E-state index in [1.165, 1.54) is 6.42 Å². The van der Waals surface area contributed by atoms with Crippen LogP contribution in [0.3, 0.4) is 0 Å². The van der Waals surface area contributed by atoms with E-state index in [-0.39, 0.29) is 6.42 Å². The lowest BCUT2D eigenvalue weighted by atomic mass is 9.89. The molecule has 0 aromatic heterocycles. The third kappa shape index (κ3) is 6.01. The molecule has 170 valence electrons. The molecular formula is C23H36O7. The molecule has 0 spiro atoms. The Balaban J connectivity index is 1.66. The van der Waals surface area contributed by atoms with Crippen LogP contribution in [-0.2, 0) is 20.9 Å². The molecule has 1 saturated heterocycles. The van der Waals surface area contributed by atoms with Gasteiger partial charge in [0.15, 0.2) is 0 Å². The maximum atomic E-state index is 10.7. The third-order valence-electron chi connectivity index (χ3n) is 6.17. The smallest absolute Gasteiger partial charge is 0.230 e. The largest absolute Gasteiger partial charge is 0.394 e. The minimum absolute atomic E-state index is 0.0774. The van der Waals surface area contributed by atoms with Crippen molar-refractivity contribution in [2.45, 2.75) is 88.0 Å². The molecule has 7 heteroatoms. The summed E-state index contributed by atoms with van der Waals surface area (Å²) in [5.74, 6) is -1.50. The predicted molar refractivity (Wildman–Crippen MR) is 110 cm³/mol. The zero-order chi connectivity index (χ0) is 22.3. The highest BCUT2D eigenvalue weighted by molar-refractivity contribution is 5.14. The molecule has 2 aliphatic rings. The zero-order valence-corrected chi connectivity index (χ0v) is 17.4. The Bertz CT molecular complexity index is 640. The van der Waals surface area contributed by atoms with Crippen molar-refractivity contribution < 1.29 is 36.3 Å². The van der Waals surface area contributed by atoms with Gasteiger partial charge in [-0.25, -0.2) is 4.89 Å². The Labute approximate surface area is 179 Å². The minimum atomic E-state index is -1.84. The highest BCUT2D eigenvalue weighted by Gasteiger charge is 2.55. The first kappa shape index (κ1) is 22.1. The molecule has 4 N–H and O–H groups in total. The Hall–Kier alpha value is -1.06. The van der Waals surface area contributed by atoms with Crippen LogP contribution >= 0.6 is 0 Å². The highest BCUT2D eigenvalue weighted by Crippen LogP contribution is 2.36. The summed E-state index contributed by atoms with van der Waals surface area (Å²) in [6.45, 7) is -0.238. The van der Waals surface area contributed by atoms with Crippen molar-refractivity contribution in [3.8, 4) is 0 Å². The highest BCUT2D eigenvalue weighted by atomic mass is 17.2.